The van der Waals surface area contributed by atoms with Crippen LogP contribution in [0.4, 0.5) is 0 Å². The Balaban J connectivity index is 3.93. The molecule has 0 saturated heterocycles. The number of hydrogen-bond donors (Lipinski definition) is 1. The fourth-order valence-corrected chi connectivity index (χ4v) is 1.73. The van der Waals surface area contributed by atoms with Crippen LogP contribution in [0.1, 0.15) is 53.9 Å². The molecule has 0 amide bonds. The first-order valence-electron chi connectivity index (χ1n) is 6.90. The van der Waals surface area contributed by atoms with Gasteiger partial charge in [-0.05, 0) is 36.7 Å². The number of rotatable bonds is 8. The molecule has 0 rings (SSSR count). The van der Waals surface area contributed by atoms with Gasteiger partial charge >= 0.3 is 5.97 Å². The van der Waals surface area contributed by atoms with Crippen molar-refractivity contribution in [2.75, 3.05) is 0 Å². The molecule has 104 valence electrons. The number of allylic oxidation sites excluding steroid dienone is 3. The van der Waals surface area contributed by atoms with E-state index in [1.165, 1.54) is 18.9 Å². The average Bonchev–Trinajstić information content (AvgIpc) is 2.24. The standard InChI is InChI=1S/C16H28O2/c1-12(2)15(5)10-9-13(3)7-6-8-14(4)11-16(17)18/h6,8,11-13,15H,7,9-10H2,1-5H3,(H,17,18)/b8-6+,14-11+. The minimum absolute atomic E-state index is 0.667. The second kappa shape index (κ2) is 8.96. The van der Waals surface area contributed by atoms with Crippen LogP contribution >= 0.6 is 0 Å². The van der Waals surface area contributed by atoms with E-state index in [-0.39, 0.29) is 0 Å². The molecule has 0 aromatic rings. The van der Waals surface area contributed by atoms with Gasteiger partial charge in [-0.15, -0.1) is 0 Å². The summed E-state index contributed by atoms with van der Waals surface area (Å²) in [6, 6.07) is 0. The summed E-state index contributed by atoms with van der Waals surface area (Å²) in [6.07, 6.45) is 8.76. The molecule has 0 aliphatic rings. The molecule has 1 N–H and O–H groups in total. The summed E-state index contributed by atoms with van der Waals surface area (Å²) in [5.74, 6) is 1.33. The Bertz CT molecular complexity index is 300. The summed E-state index contributed by atoms with van der Waals surface area (Å²) in [5, 5.41) is 8.58. The third kappa shape index (κ3) is 9.03. The molecule has 2 unspecified atom stereocenters. The first kappa shape index (κ1) is 16.9. The monoisotopic (exact) mass is 252 g/mol. The Morgan fingerprint density at radius 3 is 2.28 bits per heavy atom. The van der Waals surface area contributed by atoms with E-state index < -0.39 is 5.97 Å². The first-order chi connectivity index (χ1) is 8.32. The van der Waals surface area contributed by atoms with Gasteiger partial charge in [0, 0.05) is 6.08 Å². The Morgan fingerprint density at radius 1 is 1.17 bits per heavy atom. The van der Waals surface area contributed by atoms with Gasteiger partial charge in [-0.1, -0.05) is 52.7 Å². The van der Waals surface area contributed by atoms with Crippen molar-refractivity contribution in [2.24, 2.45) is 17.8 Å². The van der Waals surface area contributed by atoms with Gasteiger partial charge in [0.15, 0.2) is 0 Å². The maximum atomic E-state index is 10.4. The van der Waals surface area contributed by atoms with Crippen molar-refractivity contribution in [3.05, 3.63) is 23.8 Å². The highest BCUT2D eigenvalue weighted by Crippen LogP contribution is 2.21. The molecule has 2 atom stereocenters. The molecule has 18 heavy (non-hydrogen) atoms. The van der Waals surface area contributed by atoms with Gasteiger partial charge in [0.05, 0.1) is 0 Å². The second-order valence-corrected chi connectivity index (χ2v) is 5.77. The van der Waals surface area contributed by atoms with Crippen LogP contribution in [-0.4, -0.2) is 11.1 Å². The van der Waals surface area contributed by atoms with Crippen molar-refractivity contribution in [3.63, 3.8) is 0 Å². The van der Waals surface area contributed by atoms with E-state index in [2.05, 4.69) is 33.8 Å². The zero-order valence-corrected chi connectivity index (χ0v) is 12.4. The quantitative estimate of drug-likeness (QED) is 0.503. The number of aliphatic carboxylic acids is 1. The van der Waals surface area contributed by atoms with Gasteiger partial charge in [-0.3, -0.25) is 0 Å². The smallest absolute Gasteiger partial charge is 0.328 e. The number of carboxylic acid groups (broad SMARTS) is 1. The zero-order chi connectivity index (χ0) is 14.1. The predicted molar refractivity (Wildman–Crippen MR) is 77.5 cm³/mol. The normalized spacial score (nSPS) is 16.2. The molecule has 0 aromatic heterocycles. The van der Waals surface area contributed by atoms with E-state index in [1.54, 1.807) is 0 Å². The van der Waals surface area contributed by atoms with Gasteiger partial charge in [0.1, 0.15) is 0 Å². The molecule has 0 radical (unpaired) electrons. The minimum Gasteiger partial charge on any atom is -0.478 e. The Hall–Kier alpha value is -1.05. The van der Waals surface area contributed by atoms with Crippen LogP contribution in [0.25, 0.3) is 0 Å². The van der Waals surface area contributed by atoms with Gasteiger partial charge in [0.2, 0.25) is 0 Å². The van der Waals surface area contributed by atoms with Crippen molar-refractivity contribution in [3.8, 4) is 0 Å². The number of carbonyl (C=O) groups is 1. The summed E-state index contributed by atoms with van der Waals surface area (Å²) in [4.78, 5) is 10.4. The molecule has 0 aromatic carbocycles. The maximum Gasteiger partial charge on any atom is 0.328 e. The Labute approximate surface area is 112 Å². The first-order valence-corrected chi connectivity index (χ1v) is 6.90. The van der Waals surface area contributed by atoms with Crippen molar-refractivity contribution in [1.82, 2.24) is 0 Å². The summed E-state index contributed by atoms with van der Waals surface area (Å²) < 4.78 is 0. The summed E-state index contributed by atoms with van der Waals surface area (Å²) in [5.41, 5.74) is 0.797. The molecular weight excluding hydrogens is 224 g/mol. The van der Waals surface area contributed by atoms with Crippen molar-refractivity contribution >= 4 is 5.97 Å². The summed E-state index contributed by atoms with van der Waals surface area (Å²) in [7, 11) is 0. The van der Waals surface area contributed by atoms with E-state index in [9.17, 15) is 4.79 Å². The summed E-state index contributed by atoms with van der Waals surface area (Å²) >= 11 is 0. The lowest BCUT2D eigenvalue weighted by Gasteiger charge is -2.17. The van der Waals surface area contributed by atoms with Crippen LogP contribution in [0.2, 0.25) is 0 Å². The SMILES string of the molecule is CC(/C=C/CC(C)CCC(C)C(C)C)=C\C(=O)O. The van der Waals surface area contributed by atoms with Crippen molar-refractivity contribution in [2.45, 2.75) is 53.9 Å². The fourth-order valence-electron chi connectivity index (χ4n) is 1.73. The molecular formula is C16H28O2. The molecule has 0 saturated carbocycles. The molecule has 2 nitrogen and oxygen atoms in total. The van der Waals surface area contributed by atoms with Crippen LogP contribution in [0.3, 0.4) is 0 Å². The van der Waals surface area contributed by atoms with Crippen LogP contribution < -0.4 is 0 Å². The van der Waals surface area contributed by atoms with Crippen molar-refractivity contribution < 1.29 is 9.90 Å². The highest BCUT2D eigenvalue weighted by molar-refractivity contribution is 5.81. The average molecular weight is 252 g/mol. The lowest BCUT2D eigenvalue weighted by molar-refractivity contribution is -0.131. The lowest BCUT2D eigenvalue weighted by Crippen LogP contribution is -2.06. The van der Waals surface area contributed by atoms with Crippen LogP contribution in [-0.2, 0) is 4.79 Å². The minimum atomic E-state index is -0.879. The van der Waals surface area contributed by atoms with Crippen molar-refractivity contribution in [1.29, 1.82) is 0 Å². The van der Waals surface area contributed by atoms with E-state index >= 15 is 0 Å². The largest absolute Gasteiger partial charge is 0.478 e. The van der Waals surface area contributed by atoms with Crippen LogP contribution in [0.15, 0.2) is 23.8 Å². The lowest BCUT2D eigenvalue weighted by atomic mass is 9.89. The maximum absolute atomic E-state index is 10.4. The Kier molecular flexibility index (Phi) is 8.43. The molecule has 0 spiro atoms. The number of carboxylic acids is 1. The van der Waals surface area contributed by atoms with Gasteiger partial charge < -0.3 is 5.11 Å². The third-order valence-corrected chi connectivity index (χ3v) is 3.52. The molecule has 0 heterocycles. The highest BCUT2D eigenvalue weighted by Gasteiger charge is 2.08. The van der Waals surface area contributed by atoms with E-state index in [1.807, 2.05) is 13.0 Å². The second-order valence-electron chi connectivity index (χ2n) is 5.77. The van der Waals surface area contributed by atoms with E-state index in [0.29, 0.717) is 5.92 Å². The topological polar surface area (TPSA) is 37.3 Å². The highest BCUT2D eigenvalue weighted by atomic mass is 16.4. The van der Waals surface area contributed by atoms with E-state index in [0.717, 1.165) is 23.8 Å². The molecule has 0 fully saturated rings. The molecule has 0 aliphatic heterocycles. The predicted octanol–water partition coefficient (Wildman–Crippen LogP) is 4.67. The van der Waals surface area contributed by atoms with Crippen LogP contribution in [0, 0.1) is 17.8 Å². The van der Waals surface area contributed by atoms with E-state index in [4.69, 9.17) is 5.11 Å². The van der Waals surface area contributed by atoms with Gasteiger partial charge in [-0.2, -0.15) is 0 Å². The molecule has 2 heteroatoms. The van der Waals surface area contributed by atoms with Crippen LogP contribution in [0.5, 0.6) is 0 Å². The molecule has 0 aliphatic carbocycles. The van der Waals surface area contributed by atoms with Gasteiger partial charge in [-0.25, -0.2) is 4.79 Å². The Morgan fingerprint density at radius 2 is 1.78 bits per heavy atom. The zero-order valence-electron chi connectivity index (χ0n) is 12.4. The number of hydrogen-bond acceptors (Lipinski definition) is 1. The fraction of sp³-hybridized carbons (Fsp3) is 0.688. The summed E-state index contributed by atoms with van der Waals surface area (Å²) in [6.45, 7) is 10.9. The third-order valence-electron chi connectivity index (χ3n) is 3.52. The van der Waals surface area contributed by atoms with Gasteiger partial charge in [0.25, 0.3) is 0 Å². The molecule has 0 bridgehead atoms.